The number of rotatable bonds is 3. The quantitative estimate of drug-likeness (QED) is 0.586. The van der Waals surface area contributed by atoms with Crippen molar-refractivity contribution in [3.63, 3.8) is 0 Å². The number of hydrogen-bond acceptors (Lipinski definition) is 3. The number of carbonyl (C=O) groups is 1. The van der Waals surface area contributed by atoms with Crippen molar-refractivity contribution in [1.29, 1.82) is 0 Å². The van der Waals surface area contributed by atoms with Gasteiger partial charge in [0.2, 0.25) is 9.84 Å². The summed E-state index contributed by atoms with van der Waals surface area (Å²) in [5.41, 5.74) is 2.45. The summed E-state index contributed by atoms with van der Waals surface area (Å²) in [7, 11) is -3.69. The second-order valence-electron chi connectivity index (χ2n) is 9.51. The van der Waals surface area contributed by atoms with E-state index < -0.39 is 15.8 Å². The summed E-state index contributed by atoms with van der Waals surface area (Å²) in [6.07, 6.45) is 2.08. The van der Waals surface area contributed by atoms with E-state index in [1.807, 2.05) is 12.1 Å². The molecule has 0 unspecified atom stereocenters. The third-order valence-corrected chi connectivity index (χ3v) is 8.25. The van der Waals surface area contributed by atoms with Gasteiger partial charge in [-0.2, -0.15) is 0 Å². The van der Waals surface area contributed by atoms with Crippen LogP contribution in [-0.4, -0.2) is 19.5 Å². The number of sulfone groups is 1. The fraction of sp³-hybridized carbons (Fsp3) is 0.320. The molecule has 3 aromatic carbocycles. The number of benzene rings is 3. The van der Waals surface area contributed by atoms with E-state index in [1.54, 1.807) is 36.4 Å². The van der Waals surface area contributed by atoms with Crippen molar-refractivity contribution in [1.82, 2.24) is 0 Å². The Bertz CT molecular complexity index is 1280. The Kier molecular flexibility index (Phi) is 4.58. The molecule has 4 nitrogen and oxygen atoms in total. The number of hydrogen-bond donors (Lipinski definition) is 1. The average molecular weight is 423 g/mol. The minimum Gasteiger partial charge on any atom is -0.478 e. The fourth-order valence-corrected chi connectivity index (χ4v) is 5.72. The summed E-state index contributed by atoms with van der Waals surface area (Å²) >= 11 is 0. The molecular weight excluding hydrogens is 396 g/mol. The van der Waals surface area contributed by atoms with Gasteiger partial charge < -0.3 is 5.11 Å². The van der Waals surface area contributed by atoms with Crippen LogP contribution < -0.4 is 0 Å². The second-order valence-corrected chi connectivity index (χ2v) is 11.5. The minimum atomic E-state index is -3.69. The van der Waals surface area contributed by atoms with Gasteiger partial charge in [0.05, 0.1) is 15.4 Å². The molecule has 3 aromatic rings. The van der Waals surface area contributed by atoms with Crippen LogP contribution in [0, 0.1) is 0 Å². The maximum atomic E-state index is 13.4. The lowest BCUT2D eigenvalue weighted by Gasteiger charge is -2.42. The lowest BCUT2D eigenvalue weighted by molar-refractivity contribution is 0.0697. The van der Waals surface area contributed by atoms with E-state index >= 15 is 0 Å². The number of carboxylic acid groups (broad SMARTS) is 1. The standard InChI is InChI=1S/C25H26O4S/c1-24(2)11-12-25(3,4)22-15-20(9-10-21(22)24)30(28,29)19-8-7-16-13-18(23(26)27)6-5-17(16)14-19/h5-10,13-15H,11-12H2,1-4H3,(H,26,27). The highest BCUT2D eigenvalue weighted by atomic mass is 32.2. The number of fused-ring (bicyclic) bond motifs is 2. The molecule has 0 aliphatic heterocycles. The van der Waals surface area contributed by atoms with Gasteiger partial charge in [-0.25, -0.2) is 13.2 Å². The first-order valence-corrected chi connectivity index (χ1v) is 11.6. The average Bonchev–Trinajstić information content (AvgIpc) is 2.70. The molecule has 5 heteroatoms. The molecule has 1 aliphatic carbocycles. The summed E-state index contributed by atoms with van der Waals surface area (Å²) in [4.78, 5) is 11.7. The van der Waals surface area contributed by atoms with E-state index in [1.165, 1.54) is 11.6 Å². The van der Waals surface area contributed by atoms with E-state index in [0.717, 1.165) is 18.4 Å². The van der Waals surface area contributed by atoms with Crippen molar-refractivity contribution in [3.05, 3.63) is 71.3 Å². The largest absolute Gasteiger partial charge is 0.478 e. The third-order valence-electron chi connectivity index (χ3n) is 6.50. The topological polar surface area (TPSA) is 71.4 Å². The van der Waals surface area contributed by atoms with Crippen molar-refractivity contribution >= 4 is 26.6 Å². The van der Waals surface area contributed by atoms with Crippen LogP contribution in [0.15, 0.2) is 64.4 Å². The van der Waals surface area contributed by atoms with E-state index in [0.29, 0.717) is 15.7 Å². The molecule has 0 heterocycles. The van der Waals surface area contributed by atoms with Crippen LogP contribution in [0.25, 0.3) is 10.8 Å². The lowest BCUT2D eigenvalue weighted by Crippen LogP contribution is -2.34. The van der Waals surface area contributed by atoms with E-state index in [-0.39, 0.29) is 21.3 Å². The molecule has 0 aromatic heterocycles. The molecule has 30 heavy (non-hydrogen) atoms. The summed E-state index contributed by atoms with van der Waals surface area (Å²) < 4.78 is 26.8. The van der Waals surface area contributed by atoms with Gasteiger partial charge >= 0.3 is 5.97 Å². The molecule has 0 bridgehead atoms. The Morgan fingerprint density at radius 2 is 1.30 bits per heavy atom. The summed E-state index contributed by atoms with van der Waals surface area (Å²) in [5, 5.41) is 10.5. The molecule has 0 amide bonds. The Hall–Kier alpha value is -2.66. The predicted octanol–water partition coefficient (Wildman–Crippen LogP) is 5.72. The maximum Gasteiger partial charge on any atom is 0.335 e. The Morgan fingerprint density at radius 3 is 1.97 bits per heavy atom. The summed E-state index contributed by atoms with van der Waals surface area (Å²) in [5.74, 6) is -1.01. The van der Waals surface area contributed by atoms with Crippen LogP contribution in [0.2, 0.25) is 0 Å². The molecule has 0 fully saturated rings. The zero-order valence-electron chi connectivity index (χ0n) is 17.7. The maximum absolute atomic E-state index is 13.4. The molecular formula is C25H26O4S. The van der Waals surface area contributed by atoms with Crippen LogP contribution in [0.5, 0.6) is 0 Å². The van der Waals surface area contributed by atoms with Crippen molar-refractivity contribution in [2.24, 2.45) is 0 Å². The lowest BCUT2D eigenvalue weighted by atomic mass is 9.63. The van der Waals surface area contributed by atoms with Crippen LogP contribution in [-0.2, 0) is 20.7 Å². The van der Waals surface area contributed by atoms with Crippen molar-refractivity contribution in [3.8, 4) is 0 Å². The molecule has 0 spiro atoms. The number of aromatic carboxylic acids is 1. The Labute approximate surface area is 177 Å². The van der Waals surface area contributed by atoms with Gasteiger partial charge in [-0.1, -0.05) is 45.9 Å². The monoisotopic (exact) mass is 422 g/mol. The molecule has 0 radical (unpaired) electrons. The van der Waals surface area contributed by atoms with Gasteiger partial charge in [0.15, 0.2) is 0 Å². The van der Waals surface area contributed by atoms with Gasteiger partial charge in [0.1, 0.15) is 0 Å². The van der Waals surface area contributed by atoms with Gasteiger partial charge in [-0.15, -0.1) is 0 Å². The normalized spacial score (nSPS) is 17.5. The van der Waals surface area contributed by atoms with Gasteiger partial charge in [-0.3, -0.25) is 0 Å². The molecule has 0 atom stereocenters. The van der Waals surface area contributed by atoms with Crippen LogP contribution >= 0.6 is 0 Å². The molecule has 1 aliphatic rings. The van der Waals surface area contributed by atoms with Crippen LogP contribution in [0.3, 0.4) is 0 Å². The van der Waals surface area contributed by atoms with Gasteiger partial charge in [-0.05, 0) is 82.0 Å². The Balaban J connectivity index is 1.83. The summed E-state index contributed by atoms with van der Waals surface area (Å²) in [6, 6.07) is 15.1. The molecule has 4 rings (SSSR count). The van der Waals surface area contributed by atoms with Crippen molar-refractivity contribution in [2.45, 2.75) is 61.2 Å². The third kappa shape index (κ3) is 3.31. The highest BCUT2D eigenvalue weighted by Gasteiger charge is 2.37. The molecule has 0 saturated carbocycles. The van der Waals surface area contributed by atoms with E-state index in [9.17, 15) is 13.2 Å². The smallest absolute Gasteiger partial charge is 0.335 e. The van der Waals surface area contributed by atoms with Gasteiger partial charge in [0.25, 0.3) is 0 Å². The minimum absolute atomic E-state index is 0.0257. The van der Waals surface area contributed by atoms with Gasteiger partial charge in [0, 0.05) is 0 Å². The molecule has 1 N–H and O–H groups in total. The summed E-state index contributed by atoms with van der Waals surface area (Å²) in [6.45, 7) is 8.77. The molecule has 0 saturated heterocycles. The van der Waals surface area contributed by atoms with Crippen molar-refractivity contribution in [2.75, 3.05) is 0 Å². The SMILES string of the molecule is CC1(C)CCC(C)(C)c2cc(S(=O)(=O)c3ccc4cc(C(=O)O)ccc4c3)ccc21. The highest BCUT2D eigenvalue weighted by molar-refractivity contribution is 7.91. The highest BCUT2D eigenvalue weighted by Crippen LogP contribution is 2.46. The Morgan fingerprint density at radius 1 is 0.767 bits per heavy atom. The van der Waals surface area contributed by atoms with Crippen LogP contribution in [0.4, 0.5) is 0 Å². The second kappa shape index (κ2) is 6.67. The van der Waals surface area contributed by atoms with Crippen LogP contribution in [0.1, 0.15) is 62.0 Å². The van der Waals surface area contributed by atoms with Crippen molar-refractivity contribution < 1.29 is 18.3 Å². The van der Waals surface area contributed by atoms with E-state index in [2.05, 4.69) is 27.7 Å². The molecule has 156 valence electrons. The van der Waals surface area contributed by atoms with E-state index in [4.69, 9.17) is 5.11 Å². The first-order valence-electron chi connectivity index (χ1n) is 10.1. The zero-order valence-corrected chi connectivity index (χ0v) is 18.5. The first kappa shape index (κ1) is 20.6. The zero-order chi connectivity index (χ0) is 21.9. The first-order chi connectivity index (χ1) is 13.9. The predicted molar refractivity (Wildman–Crippen MR) is 118 cm³/mol. The fourth-order valence-electron chi connectivity index (χ4n) is 4.40. The number of carboxylic acids is 1.